The molecule has 1 fully saturated rings. The summed E-state index contributed by atoms with van der Waals surface area (Å²) in [5.41, 5.74) is 8.26. The smallest absolute Gasteiger partial charge is 0.253 e. The van der Waals surface area contributed by atoms with Gasteiger partial charge in [0, 0.05) is 24.0 Å². The van der Waals surface area contributed by atoms with E-state index in [0.29, 0.717) is 29.3 Å². The molecule has 2 rings (SSSR count). The van der Waals surface area contributed by atoms with E-state index in [0.717, 1.165) is 12.1 Å². The second kappa shape index (κ2) is 4.52. The molecule has 0 radical (unpaired) electrons. The van der Waals surface area contributed by atoms with Crippen LogP contribution in [-0.2, 0) is 0 Å². The fourth-order valence-corrected chi connectivity index (χ4v) is 2.04. The molecule has 0 aliphatic heterocycles. The van der Waals surface area contributed by atoms with Crippen LogP contribution < -0.4 is 16.4 Å². The lowest BCUT2D eigenvalue weighted by atomic mass is 10.1. The van der Waals surface area contributed by atoms with Gasteiger partial charge in [-0.2, -0.15) is 0 Å². The summed E-state index contributed by atoms with van der Waals surface area (Å²) in [5, 5.41) is 6.23. The quantitative estimate of drug-likeness (QED) is 0.715. The van der Waals surface area contributed by atoms with E-state index in [1.165, 1.54) is 0 Å². The van der Waals surface area contributed by atoms with Gasteiger partial charge in [-0.3, -0.25) is 4.79 Å². The highest BCUT2D eigenvalue weighted by molar-refractivity contribution is 6.00. The van der Waals surface area contributed by atoms with E-state index >= 15 is 0 Å². The predicted molar refractivity (Wildman–Crippen MR) is 74.7 cm³/mol. The SMILES string of the molecule is CCNC(=O)c1ccc(N)cc1NC1CC1(C)C. The largest absolute Gasteiger partial charge is 0.399 e. The van der Waals surface area contributed by atoms with Crippen molar-refractivity contribution in [3.8, 4) is 0 Å². The second-order valence-electron chi connectivity index (χ2n) is 5.55. The van der Waals surface area contributed by atoms with Crippen LogP contribution in [0.5, 0.6) is 0 Å². The molecule has 0 aromatic heterocycles. The van der Waals surface area contributed by atoms with Gasteiger partial charge in [0.1, 0.15) is 0 Å². The van der Waals surface area contributed by atoms with E-state index in [1.807, 2.05) is 13.0 Å². The predicted octanol–water partition coefficient (Wildman–Crippen LogP) is 2.23. The number of carbonyl (C=O) groups excluding carboxylic acids is 1. The van der Waals surface area contributed by atoms with Crippen LogP contribution in [0.1, 0.15) is 37.6 Å². The first-order chi connectivity index (χ1) is 8.44. The van der Waals surface area contributed by atoms with Crippen molar-refractivity contribution in [2.75, 3.05) is 17.6 Å². The normalized spacial score (nSPS) is 20.3. The lowest BCUT2D eigenvalue weighted by Gasteiger charge is -2.13. The molecule has 1 saturated carbocycles. The molecule has 1 aliphatic rings. The van der Waals surface area contributed by atoms with Crippen LogP contribution >= 0.6 is 0 Å². The zero-order valence-electron chi connectivity index (χ0n) is 11.2. The Bertz CT molecular complexity index is 468. The van der Waals surface area contributed by atoms with Crippen molar-refractivity contribution in [1.82, 2.24) is 5.32 Å². The monoisotopic (exact) mass is 247 g/mol. The van der Waals surface area contributed by atoms with Crippen molar-refractivity contribution in [2.24, 2.45) is 5.41 Å². The lowest BCUT2D eigenvalue weighted by Crippen LogP contribution is -2.24. The molecule has 98 valence electrons. The van der Waals surface area contributed by atoms with Gasteiger partial charge >= 0.3 is 0 Å². The molecule has 0 saturated heterocycles. The summed E-state index contributed by atoms with van der Waals surface area (Å²) < 4.78 is 0. The highest BCUT2D eigenvalue weighted by Crippen LogP contribution is 2.46. The molecule has 1 aliphatic carbocycles. The summed E-state index contributed by atoms with van der Waals surface area (Å²) in [7, 11) is 0. The van der Waals surface area contributed by atoms with E-state index in [1.54, 1.807) is 12.1 Å². The van der Waals surface area contributed by atoms with E-state index < -0.39 is 0 Å². The van der Waals surface area contributed by atoms with E-state index in [4.69, 9.17) is 5.73 Å². The van der Waals surface area contributed by atoms with Crippen molar-refractivity contribution in [3.63, 3.8) is 0 Å². The van der Waals surface area contributed by atoms with Crippen molar-refractivity contribution in [3.05, 3.63) is 23.8 Å². The minimum Gasteiger partial charge on any atom is -0.399 e. The van der Waals surface area contributed by atoms with Gasteiger partial charge < -0.3 is 16.4 Å². The Hall–Kier alpha value is -1.71. The number of rotatable bonds is 4. The Morgan fingerprint density at radius 1 is 1.50 bits per heavy atom. The topological polar surface area (TPSA) is 67.2 Å². The van der Waals surface area contributed by atoms with E-state index in [-0.39, 0.29) is 5.91 Å². The molecule has 1 unspecified atom stereocenters. The van der Waals surface area contributed by atoms with Crippen LogP contribution in [0.4, 0.5) is 11.4 Å². The standard InChI is InChI=1S/C14H21N3O/c1-4-16-13(18)10-6-5-9(15)7-11(10)17-12-8-14(12,2)3/h5-7,12,17H,4,8,15H2,1-3H3,(H,16,18). The first kappa shape index (κ1) is 12.7. The fraction of sp³-hybridized carbons (Fsp3) is 0.500. The average molecular weight is 247 g/mol. The van der Waals surface area contributed by atoms with Gasteiger partial charge in [0.15, 0.2) is 0 Å². The molecule has 18 heavy (non-hydrogen) atoms. The Balaban J connectivity index is 2.21. The first-order valence-electron chi connectivity index (χ1n) is 6.38. The molecular formula is C14H21N3O. The molecule has 4 N–H and O–H groups in total. The summed E-state index contributed by atoms with van der Waals surface area (Å²) in [6.45, 7) is 6.95. The minimum absolute atomic E-state index is 0.0570. The van der Waals surface area contributed by atoms with Crippen LogP contribution in [0.3, 0.4) is 0 Å². The third-order valence-electron chi connectivity index (χ3n) is 3.47. The summed E-state index contributed by atoms with van der Waals surface area (Å²) in [6, 6.07) is 5.79. The molecular weight excluding hydrogens is 226 g/mol. The van der Waals surface area contributed by atoms with Crippen molar-refractivity contribution in [2.45, 2.75) is 33.2 Å². The molecule has 0 spiro atoms. The Morgan fingerprint density at radius 3 is 2.72 bits per heavy atom. The number of carbonyl (C=O) groups is 1. The Kier molecular flexibility index (Phi) is 3.20. The number of anilines is 2. The number of nitrogens with two attached hydrogens (primary N) is 1. The maximum atomic E-state index is 11.9. The highest BCUT2D eigenvalue weighted by Gasteiger charge is 2.45. The Labute approximate surface area is 108 Å². The number of benzene rings is 1. The minimum atomic E-state index is -0.0570. The van der Waals surface area contributed by atoms with Gasteiger partial charge in [-0.15, -0.1) is 0 Å². The van der Waals surface area contributed by atoms with Crippen LogP contribution in [0.25, 0.3) is 0 Å². The van der Waals surface area contributed by atoms with Gasteiger partial charge in [0.2, 0.25) is 0 Å². The number of hydrogen-bond donors (Lipinski definition) is 3. The van der Waals surface area contributed by atoms with E-state index in [2.05, 4.69) is 24.5 Å². The maximum absolute atomic E-state index is 11.9. The maximum Gasteiger partial charge on any atom is 0.253 e. The number of nitrogens with one attached hydrogen (secondary N) is 2. The Morgan fingerprint density at radius 2 is 2.17 bits per heavy atom. The molecule has 1 amide bonds. The number of amides is 1. The molecule has 0 heterocycles. The average Bonchev–Trinajstić information content (AvgIpc) is 2.86. The highest BCUT2D eigenvalue weighted by atomic mass is 16.1. The fourth-order valence-electron chi connectivity index (χ4n) is 2.04. The molecule has 4 heteroatoms. The summed E-state index contributed by atoms with van der Waals surface area (Å²) in [6.07, 6.45) is 1.12. The van der Waals surface area contributed by atoms with Crippen LogP contribution in [0.2, 0.25) is 0 Å². The van der Waals surface area contributed by atoms with Crippen molar-refractivity contribution in [1.29, 1.82) is 0 Å². The molecule has 1 aromatic carbocycles. The van der Waals surface area contributed by atoms with Gasteiger partial charge in [0.05, 0.1) is 5.56 Å². The third kappa shape index (κ3) is 2.58. The number of hydrogen-bond acceptors (Lipinski definition) is 3. The summed E-state index contributed by atoms with van der Waals surface area (Å²) in [5.74, 6) is -0.0570. The van der Waals surface area contributed by atoms with Gasteiger partial charge in [-0.1, -0.05) is 13.8 Å². The summed E-state index contributed by atoms with van der Waals surface area (Å²) >= 11 is 0. The van der Waals surface area contributed by atoms with Crippen molar-refractivity contribution < 1.29 is 4.79 Å². The van der Waals surface area contributed by atoms with Gasteiger partial charge in [-0.05, 0) is 37.0 Å². The second-order valence-corrected chi connectivity index (χ2v) is 5.55. The van der Waals surface area contributed by atoms with Crippen molar-refractivity contribution >= 4 is 17.3 Å². The zero-order valence-corrected chi connectivity index (χ0v) is 11.2. The molecule has 0 bridgehead atoms. The van der Waals surface area contributed by atoms with E-state index in [9.17, 15) is 4.79 Å². The van der Waals surface area contributed by atoms with Gasteiger partial charge in [0.25, 0.3) is 5.91 Å². The zero-order chi connectivity index (χ0) is 13.3. The molecule has 1 aromatic rings. The first-order valence-corrected chi connectivity index (χ1v) is 6.38. The third-order valence-corrected chi connectivity index (χ3v) is 3.47. The van der Waals surface area contributed by atoms with Crippen LogP contribution in [0.15, 0.2) is 18.2 Å². The number of nitrogen functional groups attached to an aromatic ring is 1. The van der Waals surface area contributed by atoms with Gasteiger partial charge in [-0.25, -0.2) is 0 Å². The summed E-state index contributed by atoms with van der Waals surface area (Å²) in [4.78, 5) is 11.9. The van der Waals surface area contributed by atoms with Crippen LogP contribution in [0, 0.1) is 5.41 Å². The van der Waals surface area contributed by atoms with Crippen LogP contribution in [-0.4, -0.2) is 18.5 Å². The lowest BCUT2D eigenvalue weighted by molar-refractivity contribution is 0.0956. The molecule has 1 atom stereocenters. The molecule has 4 nitrogen and oxygen atoms in total.